The average molecular weight is 425 g/mol. The first kappa shape index (κ1) is 20.5. The molecule has 0 amide bonds. The Morgan fingerprint density at radius 2 is 1.68 bits per heavy atom. The number of aryl methyl sites for hydroxylation is 1. The maximum absolute atomic E-state index is 13.5. The van der Waals surface area contributed by atoms with Gasteiger partial charge in [0.05, 0.1) is 29.4 Å². The van der Waals surface area contributed by atoms with Crippen molar-refractivity contribution < 1.29 is 17.9 Å². The third-order valence-corrected chi connectivity index (χ3v) is 5.05. The van der Waals surface area contributed by atoms with Crippen LogP contribution in [0.1, 0.15) is 11.1 Å². The second kappa shape index (κ2) is 7.46. The van der Waals surface area contributed by atoms with Crippen LogP contribution in [-0.2, 0) is 6.18 Å². The van der Waals surface area contributed by atoms with E-state index in [1.54, 1.807) is 48.5 Å². The van der Waals surface area contributed by atoms with E-state index in [0.29, 0.717) is 17.0 Å². The molecule has 0 spiro atoms. The van der Waals surface area contributed by atoms with Crippen molar-refractivity contribution in [3.8, 4) is 22.6 Å². The number of hydrogen-bond donors (Lipinski definition) is 1. The molecule has 0 saturated heterocycles. The van der Waals surface area contributed by atoms with Crippen molar-refractivity contribution in [2.45, 2.75) is 13.1 Å². The molecular weight excluding hydrogens is 407 g/mol. The highest BCUT2D eigenvalue weighted by atomic mass is 19.4. The van der Waals surface area contributed by atoms with Gasteiger partial charge in [0.25, 0.3) is 5.56 Å². The number of methoxy groups -OCH3 is 1. The van der Waals surface area contributed by atoms with E-state index in [2.05, 4.69) is 4.98 Å². The summed E-state index contributed by atoms with van der Waals surface area (Å²) < 4.78 is 46.4. The zero-order valence-electron chi connectivity index (χ0n) is 16.7. The summed E-state index contributed by atoms with van der Waals surface area (Å²) in [6.07, 6.45) is -3.89. The van der Waals surface area contributed by atoms with Crippen LogP contribution < -0.4 is 16.0 Å². The largest absolute Gasteiger partial charge is 0.497 e. The number of alkyl halides is 3. The van der Waals surface area contributed by atoms with Crippen molar-refractivity contribution in [2.24, 2.45) is 0 Å². The van der Waals surface area contributed by atoms with Crippen LogP contribution in [0.25, 0.3) is 27.8 Å². The first-order valence-electron chi connectivity index (χ1n) is 9.33. The molecule has 2 heterocycles. The Labute approximate surface area is 175 Å². The molecule has 4 rings (SSSR count). The Hall–Kier alpha value is -3.81. The van der Waals surface area contributed by atoms with Crippen LogP contribution in [0.3, 0.4) is 0 Å². The molecule has 5 nitrogen and oxygen atoms in total. The van der Waals surface area contributed by atoms with Crippen molar-refractivity contribution in [2.75, 3.05) is 12.8 Å². The number of aromatic nitrogens is 2. The first-order chi connectivity index (χ1) is 14.7. The Bertz CT molecular complexity index is 1330. The van der Waals surface area contributed by atoms with Gasteiger partial charge < -0.3 is 10.5 Å². The second-order valence-electron chi connectivity index (χ2n) is 7.08. The molecule has 0 aliphatic carbocycles. The molecule has 0 unspecified atom stereocenters. The Morgan fingerprint density at radius 1 is 1.03 bits per heavy atom. The van der Waals surface area contributed by atoms with Gasteiger partial charge in [0.15, 0.2) is 0 Å². The fraction of sp³-hybridized carbons (Fsp3) is 0.130. The molecule has 0 aliphatic rings. The molecule has 2 aromatic heterocycles. The SMILES string of the molecule is COc1ccc(-c2c(N)c3ncc(C(F)(F)F)cc3n(-c3ccc(C)cc3)c2=O)cc1. The van der Waals surface area contributed by atoms with Gasteiger partial charge in [0.1, 0.15) is 11.3 Å². The van der Waals surface area contributed by atoms with Crippen LogP contribution in [0.2, 0.25) is 0 Å². The number of pyridine rings is 2. The van der Waals surface area contributed by atoms with Gasteiger partial charge in [0, 0.05) is 11.9 Å². The lowest BCUT2D eigenvalue weighted by Crippen LogP contribution is -2.23. The lowest BCUT2D eigenvalue weighted by atomic mass is 10.0. The second-order valence-corrected chi connectivity index (χ2v) is 7.08. The molecule has 0 radical (unpaired) electrons. The van der Waals surface area contributed by atoms with E-state index < -0.39 is 17.3 Å². The van der Waals surface area contributed by atoms with E-state index in [1.165, 1.54) is 11.7 Å². The number of nitrogen functional groups attached to an aromatic ring is 1. The molecule has 158 valence electrons. The van der Waals surface area contributed by atoms with E-state index in [4.69, 9.17) is 10.5 Å². The summed E-state index contributed by atoms with van der Waals surface area (Å²) in [5.41, 5.74) is 6.89. The maximum atomic E-state index is 13.5. The molecular formula is C23H18F3N3O2. The van der Waals surface area contributed by atoms with Crippen molar-refractivity contribution in [1.29, 1.82) is 0 Å². The van der Waals surface area contributed by atoms with Gasteiger partial charge in [-0.15, -0.1) is 0 Å². The summed E-state index contributed by atoms with van der Waals surface area (Å²) in [6, 6.07) is 14.5. The van der Waals surface area contributed by atoms with Crippen LogP contribution in [0.4, 0.5) is 18.9 Å². The summed E-state index contributed by atoms with van der Waals surface area (Å²) in [4.78, 5) is 17.5. The minimum Gasteiger partial charge on any atom is -0.497 e. The van der Waals surface area contributed by atoms with E-state index >= 15 is 0 Å². The van der Waals surface area contributed by atoms with Crippen LogP contribution in [-0.4, -0.2) is 16.7 Å². The number of benzene rings is 2. The fourth-order valence-corrected chi connectivity index (χ4v) is 3.43. The predicted molar refractivity (Wildman–Crippen MR) is 113 cm³/mol. The summed E-state index contributed by atoms with van der Waals surface area (Å²) in [5.74, 6) is 0.593. The number of nitrogens with two attached hydrogens (primary N) is 1. The van der Waals surface area contributed by atoms with Crippen LogP contribution >= 0.6 is 0 Å². The van der Waals surface area contributed by atoms with Crippen molar-refractivity contribution in [3.63, 3.8) is 0 Å². The summed E-state index contributed by atoms with van der Waals surface area (Å²) in [5, 5.41) is 0. The summed E-state index contributed by atoms with van der Waals surface area (Å²) in [7, 11) is 1.52. The Morgan fingerprint density at radius 3 is 2.26 bits per heavy atom. The molecule has 2 N–H and O–H groups in total. The van der Waals surface area contributed by atoms with Crippen molar-refractivity contribution in [3.05, 3.63) is 82.3 Å². The van der Waals surface area contributed by atoms with Gasteiger partial charge in [-0.1, -0.05) is 29.8 Å². The summed E-state index contributed by atoms with van der Waals surface area (Å²) >= 11 is 0. The number of anilines is 1. The number of halogens is 3. The fourth-order valence-electron chi connectivity index (χ4n) is 3.43. The first-order valence-corrected chi connectivity index (χ1v) is 9.33. The highest BCUT2D eigenvalue weighted by molar-refractivity contribution is 5.96. The minimum atomic E-state index is -4.61. The van der Waals surface area contributed by atoms with E-state index in [0.717, 1.165) is 17.8 Å². The molecule has 31 heavy (non-hydrogen) atoms. The van der Waals surface area contributed by atoms with Crippen LogP contribution in [0.5, 0.6) is 5.75 Å². The highest BCUT2D eigenvalue weighted by Gasteiger charge is 2.32. The number of rotatable bonds is 3. The van der Waals surface area contributed by atoms with Gasteiger partial charge >= 0.3 is 6.18 Å². The van der Waals surface area contributed by atoms with Gasteiger partial charge in [-0.3, -0.25) is 14.3 Å². The topological polar surface area (TPSA) is 70.1 Å². The van der Waals surface area contributed by atoms with E-state index in [9.17, 15) is 18.0 Å². The highest BCUT2D eigenvalue weighted by Crippen LogP contribution is 2.35. The lowest BCUT2D eigenvalue weighted by molar-refractivity contribution is -0.137. The number of fused-ring (bicyclic) bond motifs is 1. The third-order valence-electron chi connectivity index (χ3n) is 5.05. The Kier molecular flexibility index (Phi) is 4.93. The molecule has 0 bridgehead atoms. The average Bonchev–Trinajstić information content (AvgIpc) is 2.74. The van der Waals surface area contributed by atoms with Gasteiger partial charge in [-0.2, -0.15) is 13.2 Å². The van der Waals surface area contributed by atoms with Gasteiger partial charge in [0.2, 0.25) is 0 Å². The summed E-state index contributed by atoms with van der Waals surface area (Å²) in [6.45, 7) is 1.87. The van der Waals surface area contributed by atoms with Gasteiger partial charge in [-0.25, -0.2) is 0 Å². The Balaban J connectivity index is 2.11. The zero-order chi connectivity index (χ0) is 22.3. The molecule has 2 aromatic carbocycles. The van der Waals surface area contributed by atoms with E-state index in [1.807, 2.05) is 6.92 Å². The smallest absolute Gasteiger partial charge is 0.417 e. The standard InChI is InChI=1S/C23H18F3N3O2/c1-13-3-7-16(8-4-13)29-18-11-15(23(24,25)26)12-28-21(18)20(27)19(22(29)30)14-5-9-17(31-2)10-6-14/h3-12H,27H2,1-2H3. The quantitative estimate of drug-likeness (QED) is 0.503. The lowest BCUT2D eigenvalue weighted by Gasteiger charge is -2.17. The van der Waals surface area contributed by atoms with Crippen LogP contribution in [0.15, 0.2) is 65.6 Å². The molecule has 0 saturated carbocycles. The number of hydrogen-bond acceptors (Lipinski definition) is 4. The maximum Gasteiger partial charge on any atom is 0.417 e. The molecule has 0 fully saturated rings. The molecule has 4 aromatic rings. The predicted octanol–water partition coefficient (Wildman–Crippen LogP) is 4.97. The number of nitrogens with zero attached hydrogens (tertiary/aromatic N) is 2. The zero-order valence-corrected chi connectivity index (χ0v) is 16.7. The van der Waals surface area contributed by atoms with E-state index in [-0.39, 0.29) is 22.3 Å². The third kappa shape index (κ3) is 3.61. The van der Waals surface area contributed by atoms with Crippen molar-refractivity contribution in [1.82, 2.24) is 9.55 Å². The minimum absolute atomic E-state index is 0.0153. The molecule has 0 atom stereocenters. The van der Waals surface area contributed by atoms with Crippen molar-refractivity contribution >= 4 is 16.7 Å². The van der Waals surface area contributed by atoms with Crippen LogP contribution in [0, 0.1) is 6.92 Å². The van der Waals surface area contributed by atoms with Gasteiger partial charge in [-0.05, 0) is 42.8 Å². The molecule has 8 heteroatoms. The number of ether oxygens (including phenoxy) is 1. The monoisotopic (exact) mass is 425 g/mol. The molecule has 0 aliphatic heterocycles. The normalized spacial score (nSPS) is 11.6.